The number of aliphatic imine (C=N–C) groups is 2. The molecular formula is C44H68N2. The van der Waals surface area contributed by atoms with Gasteiger partial charge in [0.05, 0.1) is 17.1 Å². The van der Waals surface area contributed by atoms with Crippen molar-refractivity contribution < 1.29 is 0 Å². The maximum absolute atomic E-state index is 5.12. The van der Waals surface area contributed by atoms with Crippen molar-refractivity contribution in [2.24, 2.45) is 9.98 Å². The van der Waals surface area contributed by atoms with Crippen molar-refractivity contribution in [3.05, 3.63) is 58.7 Å². The molecule has 254 valence electrons. The summed E-state index contributed by atoms with van der Waals surface area (Å²) in [7, 11) is 0. The summed E-state index contributed by atoms with van der Waals surface area (Å²) < 4.78 is 0. The van der Waals surface area contributed by atoms with E-state index in [0.717, 1.165) is 61.3 Å². The molecule has 2 aromatic rings. The van der Waals surface area contributed by atoms with Crippen LogP contribution in [-0.4, -0.2) is 11.4 Å². The fraction of sp³-hybridized carbons (Fsp3) is 0.636. The highest BCUT2D eigenvalue weighted by molar-refractivity contribution is 6.49. The van der Waals surface area contributed by atoms with Crippen LogP contribution in [0.15, 0.2) is 46.4 Å². The SMILES string of the molecule is CCCCCCCCCCCCCCCCCCC#CC(=Nc1ccc(CC)c(CC)c1)C(CC)=Nc1ccc(CC)c(CC)c1. The predicted molar refractivity (Wildman–Crippen MR) is 207 cm³/mol. The van der Waals surface area contributed by atoms with Gasteiger partial charge in [0.2, 0.25) is 0 Å². The summed E-state index contributed by atoms with van der Waals surface area (Å²) in [4.78, 5) is 10.2. The Kier molecular flexibility index (Phi) is 21.8. The largest absolute Gasteiger partial charge is 0.251 e. The van der Waals surface area contributed by atoms with Gasteiger partial charge in [0.15, 0.2) is 0 Å². The van der Waals surface area contributed by atoms with Gasteiger partial charge in [0.1, 0.15) is 5.71 Å². The smallest absolute Gasteiger partial charge is 0.135 e. The van der Waals surface area contributed by atoms with Gasteiger partial charge in [0, 0.05) is 6.42 Å². The summed E-state index contributed by atoms with van der Waals surface area (Å²) >= 11 is 0. The van der Waals surface area contributed by atoms with Gasteiger partial charge in [-0.15, -0.1) is 0 Å². The molecular weight excluding hydrogens is 556 g/mol. The van der Waals surface area contributed by atoms with E-state index in [-0.39, 0.29) is 0 Å². The topological polar surface area (TPSA) is 24.7 Å². The van der Waals surface area contributed by atoms with Crippen molar-refractivity contribution in [3.63, 3.8) is 0 Å². The highest BCUT2D eigenvalue weighted by Gasteiger charge is 2.09. The van der Waals surface area contributed by atoms with Crippen molar-refractivity contribution >= 4 is 22.8 Å². The van der Waals surface area contributed by atoms with E-state index < -0.39 is 0 Å². The van der Waals surface area contributed by atoms with Crippen LogP contribution in [0.25, 0.3) is 0 Å². The van der Waals surface area contributed by atoms with Gasteiger partial charge in [-0.3, -0.25) is 4.99 Å². The number of benzene rings is 2. The highest BCUT2D eigenvalue weighted by atomic mass is 14.8. The lowest BCUT2D eigenvalue weighted by Crippen LogP contribution is -2.11. The normalized spacial score (nSPS) is 12.0. The van der Waals surface area contributed by atoms with E-state index in [0.29, 0.717) is 0 Å². The third-order valence-electron chi connectivity index (χ3n) is 9.38. The minimum Gasteiger partial charge on any atom is -0.251 e. The first-order valence-electron chi connectivity index (χ1n) is 19.5. The van der Waals surface area contributed by atoms with Gasteiger partial charge < -0.3 is 0 Å². The second kappa shape index (κ2) is 25.4. The molecule has 46 heavy (non-hydrogen) atoms. The zero-order chi connectivity index (χ0) is 33.2. The summed E-state index contributed by atoms with van der Waals surface area (Å²) in [5.41, 5.74) is 9.37. The van der Waals surface area contributed by atoms with E-state index in [1.807, 2.05) is 0 Å². The van der Waals surface area contributed by atoms with Crippen LogP contribution in [0.1, 0.15) is 179 Å². The Bertz CT molecular complexity index is 1220. The third kappa shape index (κ3) is 15.8. The molecule has 0 bridgehead atoms. The Labute approximate surface area is 285 Å². The van der Waals surface area contributed by atoms with Crippen LogP contribution in [0, 0.1) is 11.8 Å². The van der Waals surface area contributed by atoms with Crippen LogP contribution in [0.5, 0.6) is 0 Å². The van der Waals surface area contributed by atoms with Crippen LogP contribution < -0.4 is 0 Å². The van der Waals surface area contributed by atoms with Crippen molar-refractivity contribution in [2.45, 2.75) is 183 Å². The van der Waals surface area contributed by atoms with Crippen molar-refractivity contribution in [3.8, 4) is 11.8 Å². The Balaban J connectivity index is 1.91. The van der Waals surface area contributed by atoms with Crippen molar-refractivity contribution in [1.29, 1.82) is 0 Å². The lowest BCUT2D eigenvalue weighted by molar-refractivity contribution is 0.530. The quantitative estimate of drug-likeness (QED) is 0.0630. The monoisotopic (exact) mass is 625 g/mol. The van der Waals surface area contributed by atoms with E-state index in [9.17, 15) is 0 Å². The Morgan fingerprint density at radius 2 is 0.891 bits per heavy atom. The third-order valence-corrected chi connectivity index (χ3v) is 9.38. The number of rotatable bonds is 24. The molecule has 0 unspecified atom stereocenters. The molecule has 0 aliphatic rings. The van der Waals surface area contributed by atoms with E-state index in [1.54, 1.807) is 0 Å². The van der Waals surface area contributed by atoms with Crippen molar-refractivity contribution in [1.82, 2.24) is 0 Å². The first kappa shape index (κ1) is 39.5. The van der Waals surface area contributed by atoms with Gasteiger partial charge in [-0.25, -0.2) is 4.99 Å². The average molecular weight is 625 g/mol. The van der Waals surface area contributed by atoms with Gasteiger partial charge >= 0.3 is 0 Å². The first-order valence-corrected chi connectivity index (χ1v) is 19.5. The molecule has 0 spiro atoms. The zero-order valence-corrected chi connectivity index (χ0v) is 30.9. The summed E-state index contributed by atoms with van der Waals surface area (Å²) in [6, 6.07) is 13.3. The van der Waals surface area contributed by atoms with E-state index in [2.05, 4.69) is 89.8 Å². The molecule has 2 aromatic carbocycles. The summed E-state index contributed by atoms with van der Waals surface area (Å²) in [5.74, 6) is 6.96. The number of hydrogen-bond donors (Lipinski definition) is 0. The molecule has 0 radical (unpaired) electrons. The minimum atomic E-state index is 0.803. The van der Waals surface area contributed by atoms with Gasteiger partial charge in [-0.2, -0.15) is 0 Å². The fourth-order valence-electron chi connectivity index (χ4n) is 6.37. The Morgan fingerprint density at radius 3 is 1.30 bits per heavy atom. The second-order valence-corrected chi connectivity index (χ2v) is 13.0. The molecule has 0 amide bonds. The highest BCUT2D eigenvalue weighted by Crippen LogP contribution is 2.23. The van der Waals surface area contributed by atoms with E-state index in [4.69, 9.17) is 9.98 Å². The summed E-state index contributed by atoms with van der Waals surface area (Å²) in [6.07, 6.45) is 28.1. The minimum absolute atomic E-state index is 0.803. The van der Waals surface area contributed by atoms with Crippen molar-refractivity contribution in [2.75, 3.05) is 0 Å². The van der Waals surface area contributed by atoms with Crippen LogP contribution in [0.4, 0.5) is 11.4 Å². The molecule has 0 aromatic heterocycles. The molecule has 0 heterocycles. The van der Waals surface area contributed by atoms with Crippen LogP contribution in [0.3, 0.4) is 0 Å². The maximum atomic E-state index is 5.12. The molecule has 0 fully saturated rings. The van der Waals surface area contributed by atoms with Gasteiger partial charge in [-0.05, 0) is 91.0 Å². The average Bonchev–Trinajstić information content (AvgIpc) is 3.09. The first-order chi connectivity index (χ1) is 22.6. The predicted octanol–water partition coefficient (Wildman–Crippen LogP) is 13.8. The van der Waals surface area contributed by atoms with Gasteiger partial charge in [-0.1, -0.05) is 156 Å². The molecule has 0 saturated heterocycles. The fourth-order valence-corrected chi connectivity index (χ4v) is 6.37. The second-order valence-electron chi connectivity index (χ2n) is 13.0. The lowest BCUT2D eigenvalue weighted by Gasteiger charge is -2.09. The Morgan fingerprint density at radius 1 is 0.478 bits per heavy atom. The molecule has 2 heteroatoms. The Hall–Kier alpha value is -2.66. The number of nitrogens with zero attached hydrogens (tertiary/aromatic N) is 2. The molecule has 0 atom stereocenters. The van der Waals surface area contributed by atoms with Crippen LogP contribution in [-0.2, 0) is 25.7 Å². The molecule has 2 nitrogen and oxygen atoms in total. The molecule has 2 rings (SSSR count). The zero-order valence-electron chi connectivity index (χ0n) is 30.9. The number of aryl methyl sites for hydroxylation is 4. The molecule has 0 aliphatic carbocycles. The summed E-state index contributed by atoms with van der Waals surface area (Å²) in [5, 5.41) is 0. The maximum Gasteiger partial charge on any atom is 0.135 e. The molecule has 0 N–H and O–H groups in total. The molecule has 0 aliphatic heterocycles. The van der Waals surface area contributed by atoms with Crippen LogP contribution in [0.2, 0.25) is 0 Å². The van der Waals surface area contributed by atoms with Crippen LogP contribution >= 0.6 is 0 Å². The van der Waals surface area contributed by atoms with E-state index >= 15 is 0 Å². The van der Waals surface area contributed by atoms with E-state index in [1.165, 1.54) is 125 Å². The molecule has 0 saturated carbocycles. The lowest BCUT2D eigenvalue weighted by atomic mass is 10.0. The standard InChI is InChI=1S/C44H68N2/c1-7-13-14-15-16-17-18-19-20-21-22-23-24-25-26-27-28-29-30-44(46-42-34-32-38(9-3)40(11-5)36-42)43(12-6)45-41-33-31-37(8-2)39(10-4)35-41/h31-36H,7-28H2,1-6H3. The summed E-state index contributed by atoms with van der Waals surface area (Å²) in [6.45, 7) is 13.4. The number of hydrogen-bond acceptors (Lipinski definition) is 2. The number of unbranched alkanes of at least 4 members (excludes halogenated alkanes) is 16. The van der Waals surface area contributed by atoms with Gasteiger partial charge in [0.25, 0.3) is 0 Å².